The van der Waals surface area contributed by atoms with Gasteiger partial charge in [-0.15, -0.1) is 0 Å². The number of ketones is 1. The van der Waals surface area contributed by atoms with Crippen LogP contribution in [-0.4, -0.2) is 27.1 Å². The van der Waals surface area contributed by atoms with Crippen LogP contribution in [-0.2, 0) is 4.79 Å². The van der Waals surface area contributed by atoms with E-state index in [0.29, 0.717) is 18.8 Å². The standard InChI is InChI=1S/C20H22N4O2/c1-12-4-6-15(7-5-12)16-9-18(25)17(19(26)10-16)11-21-24-20-22-13(2)8-14(3)23-20/h4-8,11,16,25H,9-10H2,1-3H3,(H,22,23,24)/b21-11-/t16-/m1/s1. The summed E-state index contributed by atoms with van der Waals surface area (Å²) in [5, 5.41) is 14.3. The molecule has 0 fully saturated rings. The first-order chi connectivity index (χ1) is 12.4. The molecule has 3 rings (SSSR count). The van der Waals surface area contributed by atoms with Crippen molar-refractivity contribution in [3.8, 4) is 0 Å². The van der Waals surface area contributed by atoms with Crippen molar-refractivity contribution in [2.75, 3.05) is 5.43 Å². The summed E-state index contributed by atoms with van der Waals surface area (Å²) >= 11 is 0. The first-order valence-corrected chi connectivity index (χ1v) is 8.55. The van der Waals surface area contributed by atoms with Crippen LogP contribution in [0.1, 0.15) is 41.3 Å². The van der Waals surface area contributed by atoms with Crippen molar-refractivity contribution in [2.45, 2.75) is 39.5 Å². The zero-order valence-corrected chi connectivity index (χ0v) is 15.2. The van der Waals surface area contributed by atoms with Crippen LogP contribution >= 0.6 is 0 Å². The topological polar surface area (TPSA) is 87.5 Å². The predicted octanol–water partition coefficient (Wildman–Crippen LogP) is 3.76. The summed E-state index contributed by atoms with van der Waals surface area (Å²) in [6.45, 7) is 5.76. The summed E-state index contributed by atoms with van der Waals surface area (Å²) in [4.78, 5) is 20.9. The fourth-order valence-electron chi connectivity index (χ4n) is 3.06. The van der Waals surface area contributed by atoms with Crippen molar-refractivity contribution < 1.29 is 9.90 Å². The Bertz CT molecular complexity index is 865. The number of benzene rings is 1. The number of anilines is 1. The number of hydrogen-bond donors (Lipinski definition) is 2. The first-order valence-electron chi connectivity index (χ1n) is 8.55. The minimum Gasteiger partial charge on any atom is -0.511 e. The molecule has 2 N–H and O–H groups in total. The number of aliphatic hydroxyl groups excluding tert-OH is 1. The highest BCUT2D eigenvalue weighted by molar-refractivity contribution is 6.14. The molecule has 0 amide bonds. The van der Waals surface area contributed by atoms with Gasteiger partial charge in [0.2, 0.25) is 5.95 Å². The van der Waals surface area contributed by atoms with E-state index in [2.05, 4.69) is 20.5 Å². The van der Waals surface area contributed by atoms with E-state index < -0.39 is 0 Å². The number of carbonyl (C=O) groups excluding carboxylic acids is 1. The number of nitrogens with one attached hydrogen (secondary N) is 1. The normalized spacial score (nSPS) is 17.8. The molecule has 0 aliphatic heterocycles. The Morgan fingerprint density at radius 2 is 1.77 bits per heavy atom. The number of rotatable bonds is 4. The van der Waals surface area contributed by atoms with Gasteiger partial charge in [-0.2, -0.15) is 5.10 Å². The van der Waals surface area contributed by atoms with Crippen LogP contribution in [0.3, 0.4) is 0 Å². The molecule has 1 heterocycles. The van der Waals surface area contributed by atoms with Crippen molar-refractivity contribution in [3.05, 3.63) is 64.2 Å². The summed E-state index contributed by atoms with van der Waals surface area (Å²) in [5.41, 5.74) is 6.84. The summed E-state index contributed by atoms with van der Waals surface area (Å²) in [5.74, 6) is 0.306. The Balaban J connectivity index is 1.72. The van der Waals surface area contributed by atoms with Crippen LogP contribution in [0.25, 0.3) is 0 Å². The zero-order valence-electron chi connectivity index (χ0n) is 15.2. The van der Waals surface area contributed by atoms with E-state index >= 15 is 0 Å². The van der Waals surface area contributed by atoms with E-state index in [1.165, 1.54) is 11.8 Å². The van der Waals surface area contributed by atoms with Gasteiger partial charge in [-0.05, 0) is 38.3 Å². The Kier molecular flexibility index (Phi) is 5.11. The fraction of sp³-hybridized carbons (Fsp3) is 0.300. The van der Waals surface area contributed by atoms with Gasteiger partial charge in [0.25, 0.3) is 0 Å². The van der Waals surface area contributed by atoms with Crippen LogP contribution in [0.5, 0.6) is 0 Å². The molecule has 0 unspecified atom stereocenters. The molecule has 6 heteroatoms. The molecular weight excluding hydrogens is 328 g/mol. The average molecular weight is 350 g/mol. The third-order valence-corrected chi connectivity index (χ3v) is 4.37. The lowest BCUT2D eigenvalue weighted by Gasteiger charge is -2.22. The summed E-state index contributed by atoms with van der Waals surface area (Å²) < 4.78 is 0. The van der Waals surface area contributed by atoms with Crippen molar-refractivity contribution in [3.63, 3.8) is 0 Å². The van der Waals surface area contributed by atoms with Gasteiger partial charge in [0.05, 0.1) is 11.8 Å². The summed E-state index contributed by atoms with van der Waals surface area (Å²) in [6.07, 6.45) is 2.13. The molecular formula is C20H22N4O2. The van der Waals surface area contributed by atoms with E-state index in [0.717, 1.165) is 17.0 Å². The minimum atomic E-state index is -0.119. The molecule has 0 bridgehead atoms. The maximum absolute atomic E-state index is 12.4. The van der Waals surface area contributed by atoms with Crippen molar-refractivity contribution in [1.29, 1.82) is 0 Å². The number of Topliss-reactive ketones (excluding diaryl/α,β-unsaturated/α-hetero) is 1. The second-order valence-corrected chi connectivity index (χ2v) is 6.64. The number of nitrogens with zero attached hydrogens (tertiary/aromatic N) is 3. The van der Waals surface area contributed by atoms with Crippen molar-refractivity contribution in [1.82, 2.24) is 9.97 Å². The van der Waals surface area contributed by atoms with Gasteiger partial charge >= 0.3 is 0 Å². The lowest BCUT2D eigenvalue weighted by molar-refractivity contribution is -0.116. The molecule has 26 heavy (non-hydrogen) atoms. The molecule has 6 nitrogen and oxygen atoms in total. The molecule has 0 radical (unpaired) electrons. The molecule has 1 aromatic carbocycles. The Morgan fingerprint density at radius 3 is 2.38 bits per heavy atom. The van der Waals surface area contributed by atoms with Crippen molar-refractivity contribution in [2.24, 2.45) is 5.10 Å². The summed E-state index contributed by atoms with van der Waals surface area (Å²) in [6, 6.07) is 9.92. The quantitative estimate of drug-likeness (QED) is 0.647. The number of aryl methyl sites for hydroxylation is 3. The fourth-order valence-corrected chi connectivity index (χ4v) is 3.06. The highest BCUT2D eigenvalue weighted by atomic mass is 16.3. The first kappa shape index (κ1) is 17.8. The van der Waals surface area contributed by atoms with E-state index in [1.54, 1.807) is 0 Å². The molecule has 1 atom stereocenters. The second-order valence-electron chi connectivity index (χ2n) is 6.64. The molecule has 2 aromatic rings. The van der Waals surface area contributed by atoms with Gasteiger partial charge in [-0.25, -0.2) is 15.4 Å². The molecule has 1 aliphatic carbocycles. The van der Waals surface area contributed by atoms with Crippen molar-refractivity contribution >= 4 is 17.9 Å². The average Bonchev–Trinajstić information content (AvgIpc) is 2.57. The monoisotopic (exact) mass is 350 g/mol. The number of hydrazone groups is 1. The largest absolute Gasteiger partial charge is 0.511 e. The molecule has 0 spiro atoms. The van der Waals surface area contributed by atoms with Crippen LogP contribution in [0.15, 0.2) is 46.8 Å². The summed E-state index contributed by atoms with van der Waals surface area (Å²) in [7, 11) is 0. The molecule has 0 saturated heterocycles. The number of aliphatic hydroxyl groups is 1. The SMILES string of the molecule is Cc1ccc([C@H]2CC(=O)C(/C=N\Nc3nc(C)cc(C)n3)=C(O)C2)cc1. The van der Waals surface area contributed by atoms with Gasteiger partial charge in [-0.1, -0.05) is 29.8 Å². The van der Waals surface area contributed by atoms with Gasteiger partial charge in [0, 0.05) is 24.2 Å². The third-order valence-electron chi connectivity index (χ3n) is 4.37. The molecule has 1 aliphatic rings. The zero-order chi connectivity index (χ0) is 18.7. The number of carbonyl (C=O) groups is 1. The second kappa shape index (κ2) is 7.47. The number of hydrogen-bond acceptors (Lipinski definition) is 6. The maximum atomic E-state index is 12.4. The van der Waals surface area contributed by atoms with Crippen LogP contribution in [0.2, 0.25) is 0 Å². The van der Waals surface area contributed by atoms with Gasteiger partial charge < -0.3 is 5.11 Å². The highest BCUT2D eigenvalue weighted by Gasteiger charge is 2.27. The lowest BCUT2D eigenvalue weighted by Crippen LogP contribution is -2.19. The molecule has 134 valence electrons. The number of aromatic nitrogens is 2. The van der Waals surface area contributed by atoms with E-state index in [-0.39, 0.29) is 23.0 Å². The van der Waals surface area contributed by atoms with E-state index in [4.69, 9.17) is 0 Å². The Hall–Kier alpha value is -3.02. The van der Waals surface area contributed by atoms with Crippen LogP contribution < -0.4 is 5.43 Å². The van der Waals surface area contributed by atoms with Gasteiger partial charge in [0.15, 0.2) is 5.78 Å². The number of allylic oxidation sites excluding steroid dienone is 2. The van der Waals surface area contributed by atoms with Gasteiger partial charge in [-0.3, -0.25) is 4.79 Å². The Labute approximate surface area is 152 Å². The lowest BCUT2D eigenvalue weighted by atomic mass is 9.83. The van der Waals surface area contributed by atoms with Crippen LogP contribution in [0, 0.1) is 20.8 Å². The van der Waals surface area contributed by atoms with E-state index in [9.17, 15) is 9.90 Å². The Morgan fingerprint density at radius 1 is 1.12 bits per heavy atom. The maximum Gasteiger partial charge on any atom is 0.243 e. The highest BCUT2D eigenvalue weighted by Crippen LogP contribution is 2.33. The molecule has 1 aromatic heterocycles. The smallest absolute Gasteiger partial charge is 0.243 e. The predicted molar refractivity (Wildman–Crippen MR) is 101 cm³/mol. The third kappa shape index (κ3) is 4.14. The van der Waals surface area contributed by atoms with Gasteiger partial charge in [0.1, 0.15) is 5.76 Å². The molecule has 0 saturated carbocycles. The van der Waals surface area contributed by atoms with E-state index in [1.807, 2.05) is 51.1 Å². The minimum absolute atomic E-state index is 0.00374. The van der Waals surface area contributed by atoms with Crippen LogP contribution in [0.4, 0.5) is 5.95 Å².